The molecule has 1 aliphatic heterocycles. The number of benzene rings is 1. The van der Waals surface area contributed by atoms with Gasteiger partial charge in [-0.1, -0.05) is 38.4 Å². The van der Waals surface area contributed by atoms with Gasteiger partial charge in [-0.2, -0.15) is 0 Å². The van der Waals surface area contributed by atoms with E-state index >= 15 is 0 Å². The fraction of sp³-hybridized carbons (Fsp3) is 0.600. The maximum absolute atomic E-state index is 13.7. The molecule has 1 aromatic rings. The van der Waals surface area contributed by atoms with Crippen LogP contribution in [0.25, 0.3) is 0 Å². The molecule has 0 aromatic heterocycles. The van der Waals surface area contributed by atoms with Crippen LogP contribution >= 0.6 is 11.6 Å². The Hall–Kier alpha value is -0.640. The van der Waals surface area contributed by atoms with E-state index in [0.717, 1.165) is 31.7 Å². The fourth-order valence-corrected chi connectivity index (χ4v) is 3.00. The maximum Gasteiger partial charge on any atom is 0.142 e. The normalized spacial score (nSPS) is 19.4. The van der Waals surface area contributed by atoms with Crippen molar-refractivity contribution >= 4 is 11.6 Å². The Bertz CT molecular complexity index is 436. The van der Waals surface area contributed by atoms with Gasteiger partial charge in [0.2, 0.25) is 0 Å². The third kappa shape index (κ3) is 3.47. The van der Waals surface area contributed by atoms with Crippen molar-refractivity contribution in [2.45, 2.75) is 26.8 Å². The van der Waals surface area contributed by atoms with Crippen LogP contribution in [-0.2, 0) is 0 Å². The average molecular weight is 285 g/mol. The highest BCUT2D eigenvalue weighted by molar-refractivity contribution is 6.30. The third-order valence-corrected chi connectivity index (χ3v) is 3.90. The van der Waals surface area contributed by atoms with Crippen molar-refractivity contribution in [1.29, 1.82) is 0 Å². The minimum Gasteiger partial charge on any atom is -0.314 e. The molecular formula is C15H22ClFN2. The van der Waals surface area contributed by atoms with Gasteiger partial charge in [-0.15, -0.1) is 0 Å². The van der Waals surface area contributed by atoms with E-state index in [2.05, 4.69) is 31.0 Å². The fourth-order valence-electron chi connectivity index (χ4n) is 2.88. The molecule has 2 rings (SSSR count). The van der Waals surface area contributed by atoms with E-state index in [0.29, 0.717) is 0 Å². The summed E-state index contributed by atoms with van der Waals surface area (Å²) in [5.41, 5.74) is 1.06. The molecule has 0 amide bonds. The minimum absolute atomic E-state index is 0.0532. The van der Waals surface area contributed by atoms with Crippen LogP contribution in [0, 0.1) is 11.2 Å². The van der Waals surface area contributed by atoms with Crippen LogP contribution in [0.5, 0.6) is 0 Å². The number of rotatable bonds is 2. The summed E-state index contributed by atoms with van der Waals surface area (Å²) in [6.45, 7) is 10.6. The molecule has 1 fully saturated rings. The Balaban J connectivity index is 2.33. The standard InChI is InChI=1S/C15H22ClFN2/c1-15(2,3)14(19-8-6-18-7-9-19)11-4-5-12(16)13(17)10-11/h4-5,10,14,18H,6-9H2,1-3H3/t14-/m1/s1. The van der Waals surface area contributed by atoms with Crippen LogP contribution < -0.4 is 5.32 Å². The highest BCUT2D eigenvalue weighted by atomic mass is 35.5. The largest absolute Gasteiger partial charge is 0.314 e. The number of hydrogen-bond acceptors (Lipinski definition) is 2. The van der Waals surface area contributed by atoms with Gasteiger partial charge in [-0.3, -0.25) is 4.90 Å². The van der Waals surface area contributed by atoms with Gasteiger partial charge in [-0.05, 0) is 23.1 Å². The summed E-state index contributed by atoms with van der Waals surface area (Å²) in [6, 6.07) is 5.40. The van der Waals surface area contributed by atoms with Gasteiger partial charge in [0, 0.05) is 32.2 Å². The van der Waals surface area contributed by atoms with Gasteiger partial charge in [0.25, 0.3) is 0 Å². The first-order valence-electron chi connectivity index (χ1n) is 6.79. The van der Waals surface area contributed by atoms with Gasteiger partial charge in [0.05, 0.1) is 5.02 Å². The smallest absolute Gasteiger partial charge is 0.142 e. The first-order chi connectivity index (χ1) is 8.89. The number of piperazine rings is 1. The molecule has 4 heteroatoms. The molecule has 1 saturated heterocycles. The molecular weight excluding hydrogens is 263 g/mol. The first kappa shape index (κ1) is 14.8. The number of halogens is 2. The van der Waals surface area contributed by atoms with Crippen molar-refractivity contribution in [3.05, 3.63) is 34.6 Å². The maximum atomic E-state index is 13.7. The zero-order chi connectivity index (χ0) is 14.0. The second kappa shape index (κ2) is 5.78. The summed E-state index contributed by atoms with van der Waals surface area (Å²) in [5, 5.41) is 3.55. The first-order valence-corrected chi connectivity index (χ1v) is 7.17. The zero-order valence-corrected chi connectivity index (χ0v) is 12.6. The monoisotopic (exact) mass is 284 g/mol. The van der Waals surface area contributed by atoms with Crippen molar-refractivity contribution < 1.29 is 4.39 Å². The van der Waals surface area contributed by atoms with E-state index in [4.69, 9.17) is 11.6 Å². The summed E-state index contributed by atoms with van der Waals surface area (Å²) in [6.07, 6.45) is 0. The molecule has 1 aromatic carbocycles. The van der Waals surface area contributed by atoms with Gasteiger partial charge < -0.3 is 5.32 Å². The Morgan fingerprint density at radius 2 is 1.89 bits per heavy atom. The summed E-state index contributed by atoms with van der Waals surface area (Å²) >= 11 is 5.79. The van der Waals surface area contributed by atoms with E-state index in [1.54, 1.807) is 12.1 Å². The van der Waals surface area contributed by atoms with Gasteiger partial charge in [0.15, 0.2) is 0 Å². The summed E-state index contributed by atoms with van der Waals surface area (Å²) in [4.78, 5) is 2.43. The molecule has 1 atom stereocenters. The van der Waals surface area contributed by atoms with E-state index in [1.165, 1.54) is 0 Å². The lowest BCUT2D eigenvalue weighted by atomic mass is 9.81. The van der Waals surface area contributed by atoms with Crippen molar-refractivity contribution in [2.24, 2.45) is 5.41 Å². The van der Waals surface area contributed by atoms with Gasteiger partial charge in [0.1, 0.15) is 5.82 Å². The van der Waals surface area contributed by atoms with Gasteiger partial charge >= 0.3 is 0 Å². The van der Waals surface area contributed by atoms with Crippen LogP contribution in [0.1, 0.15) is 32.4 Å². The van der Waals surface area contributed by atoms with E-state index < -0.39 is 0 Å². The molecule has 0 radical (unpaired) electrons. The quantitative estimate of drug-likeness (QED) is 0.895. The highest BCUT2D eigenvalue weighted by Gasteiger charge is 2.32. The molecule has 1 aliphatic rings. The molecule has 1 heterocycles. The zero-order valence-electron chi connectivity index (χ0n) is 11.8. The highest BCUT2D eigenvalue weighted by Crippen LogP contribution is 2.38. The summed E-state index contributed by atoms with van der Waals surface area (Å²) in [7, 11) is 0. The van der Waals surface area contributed by atoms with Crippen LogP contribution in [0.15, 0.2) is 18.2 Å². The lowest BCUT2D eigenvalue weighted by molar-refractivity contribution is 0.0860. The molecule has 0 bridgehead atoms. The van der Waals surface area contributed by atoms with Crippen molar-refractivity contribution in [1.82, 2.24) is 10.2 Å². The van der Waals surface area contributed by atoms with Crippen LogP contribution in [-0.4, -0.2) is 31.1 Å². The number of nitrogens with zero attached hydrogens (tertiary/aromatic N) is 1. The van der Waals surface area contributed by atoms with Crippen LogP contribution in [0.4, 0.5) is 4.39 Å². The molecule has 106 valence electrons. The van der Waals surface area contributed by atoms with Crippen molar-refractivity contribution in [3.63, 3.8) is 0 Å². The van der Waals surface area contributed by atoms with E-state index in [9.17, 15) is 4.39 Å². The Morgan fingerprint density at radius 1 is 1.26 bits per heavy atom. The Morgan fingerprint density at radius 3 is 2.42 bits per heavy atom. The molecule has 2 nitrogen and oxygen atoms in total. The second-order valence-electron chi connectivity index (χ2n) is 6.23. The lowest BCUT2D eigenvalue weighted by Gasteiger charge is -2.42. The van der Waals surface area contributed by atoms with E-state index in [-0.39, 0.29) is 22.3 Å². The third-order valence-electron chi connectivity index (χ3n) is 3.60. The number of nitrogens with one attached hydrogen (secondary N) is 1. The van der Waals surface area contributed by atoms with Crippen LogP contribution in [0.3, 0.4) is 0 Å². The molecule has 0 spiro atoms. The topological polar surface area (TPSA) is 15.3 Å². The van der Waals surface area contributed by atoms with Crippen molar-refractivity contribution in [3.8, 4) is 0 Å². The van der Waals surface area contributed by atoms with Gasteiger partial charge in [-0.25, -0.2) is 4.39 Å². The minimum atomic E-state index is -0.330. The second-order valence-corrected chi connectivity index (χ2v) is 6.64. The Kier molecular flexibility index (Phi) is 4.49. The predicted molar refractivity (Wildman–Crippen MR) is 78.0 cm³/mol. The molecule has 1 N–H and O–H groups in total. The Labute approximate surface area is 119 Å². The SMILES string of the molecule is CC(C)(C)[C@@H](c1ccc(Cl)c(F)c1)N1CCNCC1. The molecule has 0 aliphatic carbocycles. The van der Waals surface area contributed by atoms with Crippen LogP contribution in [0.2, 0.25) is 5.02 Å². The predicted octanol–water partition coefficient (Wildman–Crippen LogP) is 3.47. The van der Waals surface area contributed by atoms with E-state index in [1.807, 2.05) is 6.07 Å². The lowest BCUT2D eigenvalue weighted by Crippen LogP contribution is -2.48. The molecule has 0 unspecified atom stereocenters. The number of hydrogen-bond donors (Lipinski definition) is 1. The van der Waals surface area contributed by atoms with Crippen molar-refractivity contribution in [2.75, 3.05) is 26.2 Å². The summed E-state index contributed by atoms with van der Waals surface area (Å²) < 4.78 is 13.7. The molecule has 19 heavy (non-hydrogen) atoms. The summed E-state index contributed by atoms with van der Waals surface area (Å²) in [5.74, 6) is -0.330. The average Bonchev–Trinajstić information content (AvgIpc) is 2.34. The molecule has 0 saturated carbocycles.